The van der Waals surface area contributed by atoms with E-state index in [1.54, 1.807) is 6.92 Å². The van der Waals surface area contributed by atoms with Gasteiger partial charge >= 0.3 is 5.97 Å². The van der Waals surface area contributed by atoms with E-state index in [-0.39, 0.29) is 5.78 Å². The zero-order chi connectivity index (χ0) is 15.2. The maximum Gasteiger partial charge on any atom is 0.316 e. The van der Waals surface area contributed by atoms with Crippen molar-refractivity contribution in [3.63, 3.8) is 0 Å². The molecule has 0 radical (unpaired) electrons. The zero-order valence-electron chi connectivity index (χ0n) is 12.8. The fourth-order valence-corrected chi connectivity index (χ4v) is 2.08. The fourth-order valence-electron chi connectivity index (χ4n) is 2.08. The second kappa shape index (κ2) is 7.22. The molecule has 0 heterocycles. The highest BCUT2D eigenvalue weighted by molar-refractivity contribution is 6.01. The van der Waals surface area contributed by atoms with Crippen LogP contribution in [0.3, 0.4) is 0 Å². The average Bonchev–Trinajstić information content (AvgIpc) is 2.39. The minimum absolute atomic E-state index is 0.0492. The summed E-state index contributed by atoms with van der Waals surface area (Å²) < 4.78 is 5.05. The Bertz CT molecular complexity index is 443. The van der Waals surface area contributed by atoms with Crippen LogP contribution in [0.5, 0.6) is 0 Å². The van der Waals surface area contributed by atoms with Gasteiger partial charge in [-0.25, -0.2) is 0 Å². The van der Waals surface area contributed by atoms with Crippen LogP contribution in [-0.4, -0.2) is 18.4 Å². The van der Waals surface area contributed by atoms with Crippen molar-refractivity contribution in [1.29, 1.82) is 0 Å². The first kappa shape index (κ1) is 16.4. The van der Waals surface area contributed by atoms with E-state index in [2.05, 4.69) is 0 Å². The van der Waals surface area contributed by atoms with E-state index in [1.165, 1.54) is 0 Å². The van der Waals surface area contributed by atoms with E-state index in [1.807, 2.05) is 51.1 Å². The first-order valence-electron chi connectivity index (χ1n) is 7.11. The molecule has 0 N–H and O–H groups in total. The highest BCUT2D eigenvalue weighted by Gasteiger charge is 2.35. The molecule has 0 amide bonds. The van der Waals surface area contributed by atoms with Gasteiger partial charge in [-0.15, -0.1) is 0 Å². The van der Waals surface area contributed by atoms with Gasteiger partial charge in [0.15, 0.2) is 5.78 Å². The van der Waals surface area contributed by atoms with Gasteiger partial charge in [-0.05, 0) is 25.3 Å². The van der Waals surface area contributed by atoms with Gasteiger partial charge in [-0.1, -0.05) is 51.1 Å². The van der Waals surface area contributed by atoms with Crippen LogP contribution < -0.4 is 0 Å². The van der Waals surface area contributed by atoms with Gasteiger partial charge in [-0.2, -0.15) is 0 Å². The minimum Gasteiger partial charge on any atom is -0.465 e. The minimum atomic E-state index is -0.671. The van der Waals surface area contributed by atoms with E-state index in [0.717, 1.165) is 5.56 Å². The zero-order valence-corrected chi connectivity index (χ0v) is 12.8. The molecule has 0 bridgehead atoms. The number of ether oxygens (including phenoxy) is 1. The molecule has 0 aliphatic rings. The van der Waals surface area contributed by atoms with E-state index in [4.69, 9.17) is 4.74 Å². The lowest BCUT2D eigenvalue weighted by atomic mass is 9.80. The molecular weight excluding hydrogens is 252 g/mol. The van der Waals surface area contributed by atoms with Gasteiger partial charge < -0.3 is 4.74 Å². The molecular formula is C17H24O3. The van der Waals surface area contributed by atoms with E-state index in [9.17, 15) is 9.59 Å². The van der Waals surface area contributed by atoms with Gasteiger partial charge in [0.25, 0.3) is 0 Å². The lowest BCUT2D eigenvalue weighted by Gasteiger charge is -2.23. The molecule has 3 nitrogen and oxygen atoms in total. The summed E-state index contributed by atoms with van der Waals surface area (Å²) in [5, 5.41) is 0. The van der Waals surface area contributed by atoms with Gasteiger partial charge in [0.05, 0.1) is 6.61 Å². The molecule has 0 fully saturated rings. The quantitative estimate of drug-likeness (QED) is 0.590. The topological polar surface area (TPSA) is 43.4 Å². The van der Waals surface area contributed by atoms with Gasteiger partial charge in [0, 0.05) is 5.41 Å². The van der Waals surface area contributed by atoms with Crippen LogP contribution in [-0.2, 0) is 20.7 Å². The third-order valence-electron chi connectivity index (χ3n) is 3.19. The highest BCUT2D eigenvalue weighted by Crippen LogP contribution is 2.24. The summed E-state index contributed by atoms with van der Waals surface area (Å²) in [6, 6.07) is 9.88. The summed E-state index contributed by atoms with van der Waals surface area (Å²) in [5.74, 6) is -1.12. The number of rotatable bonds is 6. The molecule has 0 saturated carbocycles. The molecule has 0 saturated heterocycles. The summed E-state index contributed by atoms with van der Waals surface area (Å²) >= 11 is 0. The molecule has 20 heavy (non-hydrogen) atoms. The SMILES string of the molecule is CCOC(=O)C(CCc1ccccc1)C(=O)C(C)(C)C. The maximum absolute atomic E-state index is 12.4. The average molecular weight is 276 g/mol. The molecule has 0 aromatic heterocycles. The predicted octanol–water partition coefficient (Wildman–Crippen LogP) is 3.41. The molecule has 110 valence electrons. The summed E-state index contributed by atoms with van der Waals surface area (Å²) in [4.78, 5) is 24.4. The Morgan fingerprint density at radius 2 is 1.75 bits per heavy atom. The normalized spacial score (nSPS) is 12.8. The monoisotopic (exact) mass is 276 g/mol. The first-order chi connectivity index (χ1) is 9.36. The van der Waals surface area contributed by atoms with Crippen molar-refractivity contribution in [1.82, 2.24) is 0 Å². The molecule has 0 aliphatic carbocycles. The Morgan fingerprint density at radius 1 is 1.15 bits per heavy atom. The van der Waals surface area contributed by atoms with Crippen LogP contribution in [0.1, 0.15) is 39.7 Å². The Balaban J connectivity index is 2.78. The smallest absolute Gasteiger partial charge is 0.316 e. The molecule has 3 heteroatoms. The summed E-state index contributed by atoms with van der Waals surface area (Å²) in [6.45, 7) is 7.57. The Hall–Kier alpha value is -1.64. The number of hydrogen-bond donors (Lipinski definition) is 0. The Morgan fingerprint density at radius 3 is 2.25 bits per heavy atom. The number of aryl methyl sites for hydroxylation is 1. The Labute approximate surface area is 121 Å². The largest absolute Gasteiger partial charge is 0.465 e. The van der Waals surface area contributed by atoms with Crippen molar-refractivity contribution < 1.29 is 14.3 Å². The summed E-state index contributed by atoms with van der Waals surface area (Å²) in [6.07, 6.45) is 1.20. The lowest BCUT2D eigenvalue weighted by molar-refractivity contribution is -0.154. The number of esters is 1. The van der Waals surface area contributed by atoms with Crippen LogP contribution in [0.25, 0.3) is 0 Å². The van der Waals surface area contributed by atoms with Gasteiger partial charge in [-0.3, -0.25) is 9.59 Å². The molecule has 1 rings (SSSR count). The third kappa shape index (κ3) is 4.80. The lowest BCUT2D eigenvalue weighted by Crippen LogP contribution is -2.35. The van der Waals surface area contributed by atoms with Crippen LogP contribution >= 0.6 is 0 Å². The molecule has 0 spiro atoms. The van der Waals surface area contributed by atoms with Crippen molar-refractivity contribution in [3.05, 3.63) is 35.9 Å². The Kier molecular flexibility index (Phi) is 5.93. The van der Waals surface area contributed by atoms with Crippen LogP contribution in [0.15, 0.2) is 30.3 Å². The summed E-state index contributed by atoms with van der Waals surface area (Å²) in [5.41, 5.74) is 0.595. The highest BCUT2D eigenvalue weighted by atomic mass is 16.5. The van der Waals surface area contributed by atoms with Gasteiger partial charge in [0.1, 0.15) is 5.92 Å². The number of benzene rings is 1. The van der Waals surface area contributed by atoms with Gasteiger partial charge in [0.2, 0.25) is 0 Å². The third-order valence-corrected chi connectivity index (χ3v) is 3.19. The van der Waals surface area contributed by atoms with E-state index in [0.29, 0.717) is 19.4 Å². The number of ketones is 1. The molecule has 1 aromatic rings. The van der Waals surface area contributed by atoms with Crippen molar-refractivity contribution in [2.75, 3.05) is 6.61 Å². The van der Waals surface area contributed by atoms with E-state index >= 15 is 0 Å². The maximum atomic E-state index is 12.4. The number of carbonyl (C=O) groups excluding carboxylic acids is 2. The predicted molar refractivity (Wildman–Crippen MR) is 79.3 cm³/mol. The number of carbonyl (C=O) groups is 2. The molecule has 0 aliphatic heterocycles. The number of Topliss-reactive ketones (excluding diaryl/α,β-unsaturated/α-hetero) is 1. The van der Waals surface area contributed by atoms with Crippen LogP contribution in [0.4, 0.5) is 0 Å². The fraction of sp³-hybridized carbons (Fsp3) is 0.529. The number of hydrogen-bond acceptors (Lipinski definition) is 3. The molecule has 1 aromatic carbocycles. The second-order valence-electron chi connectivity index (χ2n) is 5.94. The van der Waals surface area contributed by atoms with Crippen molar-refractivity contribution >= 4 is 11.8 Å². The van der Waals surface area contributed by atoms with Crippen molar-refractivity contribution in [2.24, 2.45) is 11.3 Å². The molecule has 1 unspecified atom stereocenters. The van der Waals surface area contributed by atoms with Crippen molar-refractivity contribution in [2.45, 2.75) is 40.5 Å². The standard InChI is InChI=1S/C17H24O3/c1-5-20-16(19)14(15(18)17(2,3)4)12-11-13-9-7-6-8-10-13/h6-10,14H,5,11-12H2,1-4H3. The summed E-state index contributed by atoms with van der Waals surface area (Å²) in [7, 11) is 0. The first-order valence-corrected chi connectivity index (χ1v) is 7.11. The van der Waals surface area contributed by atoms with Crippen molar-refractivity contribution in [3.8, 4) is 0 Å². The second-order valence-corrected chi connectivity index (χ2v) is 5.94. The van der Waals surface area contributed by atoms with E-state index < -0.39 is 17.3 Å². The van der Waals surface area contributed by atoms with Crippen LogP contribution in [0, 0.1) is 11.3 Å². The van der Waals surface area contributed by atoms with Crippen LogP contribution in [0.2, 0.25) is 0 Å². The molecule has 1 atom stereocenters.